The van der Waals surface area contributed by atoms with Crippen molar-refractivity contribution in [2.45, 2.75) is 70.6 Å². The van der Waals surface area contributed by atoms with E-state index in [4.69, 9.17) is 4.99 Å². The van der Waals surface area contributed by atoms with Gasteiger partial charge in [0.05, 0.1) is 18.7 Å². The van der Waals surface area contributed by atoms with Crippen LogP contribution in [0.15, 0.2) is 29.3 Å². The third kappa shape index (κ3) is 6.88. The zero-order valence-electron chi connectivity index (χ0n) is 17.4. The first-order chi connectivity index (χ1) is 13.2. The van der Waals surface area contributed by atoms with E-state index in [1.807, 2.05) is 0 Å². The summed E-state index contributed by atoms with van der Waals surface area (Å²) in [5.74, 6) is 0.912. The molecule has 2 fully saturated rings. The lowest BCUT2D eigenvalue weighted by atomic mass is 9.93. The summed E-state index contributed by atoms with van der Waals surface area (Å²) >= 11 is 0. The number of aliphatic hydroxyl groups excluding tert-OH is 1. The van der Waals surface area contributed by atoms with Crippen LogP contribution >= 0.6 is 24.0 Å². The summed E-state index contributed by atoms with van der Waals surface area (Å²) in [4.78, 5) is 7.54. The van der Waals surface area contributed by atoms with Crippen molar-refractivity contribution >= 4 is 29.9 Å². The van der Waals surface area contributed by atoms with Gasteiger partial charge in [0, 0.05) is 12.6 Å². The van der Waals surface area contributed by atoms with Crippen LogP contribution in [0.4, 0.5) is 0 Å². The van der Waals surface area contributed by atoms with Crippen LogP contribution in [0.1, 0.15) is 62.6 Å². The molecule has 3 rings (SSSR count). The summed E-state index contributed by atoms with van der Waals surface area (Å²) in [6, 6.07) is 9.69. The van der Waals surface area contributed by atoms with E-state index in [2.05, 4.69) is 53.6 Å². The molecule has 0 bridgehead atoms. The molecule has 1 aromatic rings. The third-order valence-electron chi connectivity index (χ3n) is 5.85. The Balaban J connectivity index is 0.00000280. The lowest BCUT2D eigenvalue weighted by Crippen LogP contribution is -2.45. The number of hydrogen-bond acceptors (Lipinski definition) is 3. The van der Waals surface area contributed by atoms with Gasteiger partial charge in [-0.1, -0.05) is 29.8 Å². The molecule has 1 atom stereocenters. The van der Waals surface area contributed by atoms with Gasteiger partial charge in [-0.15, -0.1) is 24.0 Å². The summed E-state index contributed by atoms with van der Waals surface area (Å²) in [7, 11) is 0. The van der Waals surface area contributed by atoms with Gasteiger partial charge >= 0.3 is 0 Å². The van der Waals surface area contributed by atoms with E-state index in [1.165, 1.54) is 37.1 Å². The molecule has 0 amide bonds. The first-order valence-electron chi connectivity index (χ1n) is 10.7. The van der Waals surface area contributed by atoms with Gasteiger partial charge in [-0.25, -0.2) is 0 Å². The molecule has 0 aromatic heterocycles. The Kier molecular flexibility index (Phi) is 10.0. The fourth-order valence-electron chi connectivity index (χ4n) is 4.18. The molecule has 1 heterocycles. The van der Waals surface area contributed by atoms with Gasteiger partial charge in [0.2, 0.25) is 0 Å². The maximum absolute atomic E-state index is 9.73. The van der Waals surface area contributed by atoms with Crippen LogP contribution in [0, 0.1) is 6.92 Å². The molecule has 1 unspecified atom stereocenters. The van der Waals surface area contributed by atoms with Crippen molar-refractivity contribution < 1.29 is 5.11 Å². The number of nitrogens with one attached hydrogen (secondary N) is 2. The van der Waals surface area contributed by atoms with Crippen molar-refractivity contribution in [1.82, 2.24) is 15.5 Å². The van der Waals surface area contributed by atoms with Gasteiger partial charge in [0.25, 0.3) is 0 Å². The van der Waals surface area contributed by atoms with Gasteiger partial charge in [0.15, 0.2) is 5.96 Å². The maximum atomic E-state index is 9.73. The molecule has 1 aromatic carbocycles. The van der Waals surface area contributed by atoms with Crippen LogP contribution in [0.3, 0.4) is 0 Å². The van der Waals surface area contributed by atoms with Gasteiger partial charge in [-0.2, -0.15) is 0 Å². The van der Waals surface area contributed by atoms with E-state index in [-0.39, 0.29) is 30.1 Å². The molecule has 1 saturated heterocycles. The van der Waals surface area contributed by atoms with Crippen LogP contribution in [-0.4, -0.2) is 54.3 Å². The Morgan fingerprint density at radius 1 is 1.14 bits per heavy atom. The minimum Gasteiger partial charge on any atom is -0.393 e. The second kappa shape index (κ2) is 12.0. The fraction of sp³-hybridized carbons (Fsp3) is 0.682. The first kappa shape index (κ1) is 23.4. The van der Waals surface area contributed by atoms with Crippen molar-refractivity contribution in [3.8, 4) is 0 Å². The minimum absolute atomic E-state index is 0. The number of aryl methyl sites for hydroxylation is 1. The second-order valence-corrected chi connectivity index (χ2v) is 8.04. The number of benzene rings is 1. The summed E-state index contributed by atoms with van der Waals surface area (Å²) in [5, 5.41) is 16.7. The number of likely N-dealkylation sites (tertiary alicyclic amines) is 1. The second-order valence-electron chi connectivity index (χ2n) is 8.04. The highest BCUT2D eigenvalue weighted by Gasteiger charge is 2.24. The van der Waals surface area contributed by atoms with Crippen molar-refractivity contribution in [3.63, 3.8) is 0 Å². The fourth-order valence-corrected chi connectivity index (χ4v) is 4.18. The average Bonchev–Trinajstić information content (AvgIpc) is 3.20. The Morgan fingerprint density at radius 3 is 2.39 bits per heavy atom. The molecular weight excluding hydrogens is 463 g/mol. The minimum atomic E-state index is -0.122. The Hall–Kier alpha value is -0.860. The number of nitrogens with zero attached hydrogens (tertiary/aromatic N) is 2. The number of rotatable bonds is 6. The highest BCUT2D eigenvalue weighted by molar-refractivity contribution is 14.0. The van der Waals surface area contributed by atoms with Gasteiger partial charge in [-0.05, 0) is 71.0 Å². The number of aliphatic imine (C=N–C) groups is 1. The zero-order valence-corrected chi connectivity index (χ0v) is 19.7. The molecule has 28 heavy (non-hydrogen) atoms. The monoisotopic (exact) mass is 500 g/mol. The number of aliphatic hydroxyl groups is 1. The highest BCUT2D eigenvalue weighted by Crippen LogP contribution is 2.26. The zero-order chi connectivity index (χ0) is 19.1. The lowest BCUT2D eigenvalue weighted by Gasteiger charge is -2.29. The maximum Gasteiger partial charge on any atom is 0.191 e. The van der Waals surface area contributed by atoms with E-state index in [0.717, 1.165) is 44.7 Å². The largest absolute Gasteiger partial charge is 0.393 e. The molecule has 3 N–H and O–H groups in total. The average molecular weight is 500 g/mol. The Bertz CT molecular complexity index is 593. The van der Waals surface area contributed by atoms with Crippen molar-refractivity contribution in [2.24, 2.45) is 4.99 Å². The highest BCUT2D eigenvalue weighted by atomic mass is 127. The Labute approximate surface area is 187 Å². The molecule has 6 heteroatoms. The van der Waals surface area contributed by atoms with Gasteiger partial charge < -0.3 is 15.7 Å². The SMILES string of the molecule is CCNC(=NCC(c1ccc(C)cc1)N1CCCC1)NC1CCC(O)CC1.I. The molecule has 2 aliphatic rings. The third-order valence-corrected chi connectivity index (χ3v) is 5.85. The predicted octanol–water partition coefficient (Wildman–Crippen LogP) is 3.61. The van der Waals surface area contributed by atoms with Gasteiger partial charge in [0.1, 0.15) is 0 Å². The van der Waals surface area contributed by atoms with E-state index < -0.39 is 0 Å². The smallest absolute Gasteiger partial charge is 0.191 e. The van der Waals surface area contributed by atoms with Crippen molar-refractivity contribution in [2.75, 3.05) is 26.2 Å². The summed E-state index contributed by atoms with van der Waals surface area (Å²) in [6.45, 7) is 8.21. The van der Waals surface area contributed by atoms with Crippen molar-refractivity contribution in [3.05, 3.63) is 35.4 Å². The summed E-state index contributed by atoms with van der Waals surface area (Å²) in [6.07, 6.45) is 6.25. The molecule has 158 valence electrons. The van der Waals surface area contributed by atoms with Crippen LogP contribution in [0.25, 0.3) is 0 Å². The molecule has 1 saturated carbocycles. The van der Waals surface area contributed by atoms with E-state index in [0.29, 0.717) is 12.1 Å². The summed E-state index contributed by atoms with van der Waals surface area (Å²) < 4.78 is 0. The number of guanidine groups is 1. The predicted molar refractivity (Wildman–Crippen MR) is 128 cm³/mol. The molecule has 5 nitrogen and oxygen atoms in total. The van der Waals surface area contributed by atoms with Crippen LogP contribution in [0.5, 0.6) is 0 Å². The quantitative estimate of drug-likeness (QED) is 0.318. The van der Waals surface area contributed by atoms with Crippen LogP contribution in [-0.2, 0) is 0 Å². The molecule has 0 radical (unpaired) electrons. The van der Waals surface area contributed by atoms with E-state index in [9.17, 15) is 5.11 Å². The topological polar surface area (TPSA) is 59.9 Å². The number of halogens is 1. The van der Waals surface area contributed by atoms with Crippen LogP contribution < -0.4 is 10.6 Å². The van der Waals surface area contributed by atoms with Crippen LogP contribution in [0.2, 0.25) is 0 Å². The van der Waals surface area contributed by atoms with E-state index >= 15 is 0 Å². The summed E-state index contributed by atoms with van der Waals surface area (Å²) in [5.41, 5.74) is 2.67. The van der Waals surface area contributed by atoms with E-state index in [1.54, 1.807) is 0 Å². The lowest BCUT2D eigenvalue weighted by molar-refractivity contribution is 0.120. The number of hydrogen-bond donors (Lipinski definition) is 3. The van der Waals surface area contributed by atoms with Crippen molar-refractivity contribution in [1.29, 1.82) is 0 Å². The molecule has 1 aliphatic heterocycles. The standard InChI is InChI=1S/C22H36N4O.HI/c1-3-23-22(25-19-10-12-20(27)13-11-19)24-16-21(26-14-4-5-15-26)18-8-6-17(2)7-9-18;/h6-9,19-21,27H,3-5,10-16H2,1-2H3,(H2,23,24,25);1H. The molecule has 0 spiro atoms. The molecule has 1 aliphatic carbocycles. The Morgan fingerprint density at radius 2 is 1.79 bits per heavy atom. The van der Waals surface area contributed by atoms with Gasteiger partial charge in [-0.3, -0.25) is 9.89 Å². The first-order valence-corrected chi connectivity index (χ1v) is 10.7. The normalized spacial score (nSPS) is 24.5. The molecular formula is C22H37IN4O.